The molecule has 0 aliphatic heterocycles. The van der Waals surface area contributed by atoms with E-state index < -0.39 is 0 Å². The Hall–Kier alpha value is -1.61. The quantitative estimate of drug-likeness (QED) is 0.730. The van der Waals surface area contributed by atoms with Crippen molar-refractivity contribution in [2.75, 3.05) is 11.9 Å². The summed E-state index contributed by atoms with van der Waals surface area (Å²) in [4.78, 5) is 0. The molecule has 3 heteroatoms. The lowest BCUT2D eigenvalue weighted by Crippen LogP contribution is -2.51. The van der Waals surface area contributed by atoms with Gasteiger partial charge in [-0.05, 0) is 85.4 Å². The summed E-state index contributed by atoms with van der Waals surface area (Å²) in [6.45, 7) is 1.05. The van der Waals surface area contributed by atoms with Crippen LogP contribution in [-0.2, 0) is 0 Å². The maximum atomic E-state index is 5.63. The molecule has 4 fully saturated rings. The first-order valence-electron chi connectivity index (χ1n) is 9.72. The zero-order valence-electron chi connectivity index (χ0n) is 14.6. The maximum Gasteiger partial charge on any atom is 0.170 e. The zero-order chi connectivity index (χ0) is 16.9. The van der Waals surface area contributed by atoms with Crippen LogP contribution in [0.3, 0.4) is 0 Å². The Bertz CT molecular complexity index is 772. The molecule has 0 heterocycles. The van der Waals surface area contributed by atoms with E-state index in [9.17, 15) is 0 Å². The molecule has 6 rings (SSSR count). The summed E-state index contributed by atoms with van der Waals surface area (Å²) >= 11 is 5.63. The van der Waals surface area contributed by atoms with Crippen LogP contribution < -0.4 is 10.6 Å². The number of nitrogens with one attached hydrogen (secondary N) is 2. The van der Waals surface area contributed by atoms with E-state index in [0.717, 1.165) is 35.1 Å². The predicted molar refractivity (Wildman–Crippen MR) is 109 cm³/mol. The van der Waals surface area contributed by atoms with Crippen LogP contribution in [0.2, 0.25) is 0 Å². The lowest BCUT2D eigenvalue weighted by atomic mass is 9.49. The number of hydrogen-bond donors (Lipinski definition) is 2. The second-order valence-electron chi connectivity index (χ2n) is 8.75. The monoisotopic (exact) mass is 350 g/mol. The van der Waals surface area contributed by atoms with Crippen LogP contribution in [0.15, 0.2) is 42.5 Å². The second kappa shape index (κ2) is 5.98. The van der Waals surface area contributed by atoms with E-state index in [4.69, 9.17) is 12.2 Å². The third-order valence-corrected chi connectivity index (χ3v) is 7.07. The van der Waals surface area contributed by atoms with Crippen molar-refractivity contribution in [2.45, 2.75) is 38.5 Å². The Labute approximate surface area is 155 Å². The predicted octanol–water partition coefficient (Wildman–Crippen LogP) is 5.34. The van der Waals surface area contributed by atoms with Gasteiger partial charge < -0.3 is 10.6 Å². The molecule has 4 aliphatic carbocycles. The van der Waals surface area contributed by atoms with Crippen LogP contribution >= 0.6 is 12.2 Å². The number of thiocarbonyl (C=S) groups is 1. The lowest BCUT2D eigenvalue weighted by molar-refractivity contribution is -0.0490. The molecular formula is C22H26N2S. The molecule has 0 spiro atoms. The van der Waals surface area contributed by atoms with Gasteiger partial charge in [-0.1, -0.05) is 36.4 Å². The molecule has 25 heavy (non-hydrogen) atoms. The minimum Gasteiger partial charge on any atom is -0.362 e. The number of hydrogen-bond acceptors (Lipinski definition) is 1. The molecule has 0 unspecified atom stereocenters. The molecule has 4 aliphatic rings. The Balaban J connectivity index is 1.27. The molecule has 2 aromatic carbocycles. The number of anilines is 1. The van der Waals surface area contributed by atoms with Gasteiger partial charge in [-0.3, -0.25) is 0 Å². The third kappa shape index (κ3) is 2.93. The average Bonchev–Trinajstić information content (AvgIpc) is 2.59. The van der Waals surface area contributed by atoms with Gasteiger partial charge in [0.1, 0.15) is 0 Å². The van der Waals surface area contributed by atoms with Crippen LogP contribution in [0.4, 0.5) is 5.69 Å². The van der Waals surface area contributed by atoms with Gasteiger partial charge in [0.15, 0.2) is 5.11 Å². The first-order valence-corrected chi connectivity index (χ1v) is 10.1. The van der Waals surface area contributed by atoms with Crippen LogP contribution in [0.25, 0.3) is 10.8 Å². The fourth-order valence-electron chi connectivity index (χ4n) is 6.28. The molecule has 0 saturated heterocycles. The molecule has 2 aromatic rings. The average molecular weight is 351 g/mol. The summed E-state index contributed by atoms with van der Waals surface area (Å²) in [7, 11) is 0. The van der Waals surface area contributed by atoms with Gasteiger partial charge in [-0.2, -0.15) is 0 Å². The van der Waals surface area contributed by atoms with Crippen molar-refractivity contribution in [1.29, 1.82) is 0 Å². The summed E-state index contributed by atoms with van der Waals surface area (Å²) < 4.78 is 0. The van der Waals surface area contributed by atoms with Crippen molar-refractivity contribution < 1.29 is 0 Å². The van der Waals surface area contributed by atoms with Gasteiger partial charge in [-0.25, -0.2) is 0 Å². The molecule has 0 radical (unpaired) electrons. The van der Waals surface area contributed by atoms with Gasteiger partial charge in [0.2, 0.25) is 0 Å². The molecule has 2 nitrogen and oxygen atoms in total. The van der Waals surface area contributed by atoms with Crippen molar-refractivity contribution in [3.63, 3.8) is 0 Å². The van der Waals surface area contributed by atoms with E-state index in [2.05, 4.69) is 53.1 Å². The van der Waals surface area contributed by atoms with Crippen LogP contribution in [0.5, 0.6) is 0 Å². The second-order valence-corrected chi connectivity index (χ2v) is 9.16. The SMILES string of the molecule is S=C(NCC12CC3CC(CC(C3)C1)C2)Nc1cccc2ccccc12. The molecule has 4 bridgehead atoms. The summed E-state index contributed by atoms with van der Waals surface area (Å²) in [5, 5.41) is 10.3. The summed E-state index contributed by atoms with van der Waals surface area (Å²) in [5.41, 5.74) is 1.61. The zero-order valence-corrected chi connectivity index (χ0v) is 15.4. The standard InChI is InChI=1S/C22H26N2S/c25-21(24-20-7-3-5-18-4-1-2-6-19(18)20)23-14-22-11-15-8-16(12-22)10-17(9-15)13-22/h1-7,15-17H,8-14H2,(H2,23,24,25). The van der Waals surface area contributed by atoms with Gasteiger partial charge in [-0.15, -0.1) is 0 Å². The van der Waals surface area contributed by atoms with Crippen LogP contribution in [-0.4, -0.2) is 11.7 Å². The number of fused-ring (bicyclic) bond motifs is 1. The highest BCUT2D eigenvalue weighted by Gasteiger charge is 2.50. The molecule has 0 amide bonds. The molecule has 4 saturated carbocycles. The Morgan fingerprint density at radius 1 is 0.920 bits per heavy atom. The highest BCUT2D eigenvalue weighted by atomic mass is 32.1. The van der Waals surface area contributed by atoms with E-state index >= 15 is 0 Å². The fourth-order valence-corrected chi connectivity index (χ4v) is 6.46. The van der Waals surface area contributed by atoms with E-state index in [0.29, 0.717) is 5.41 Å². The summed E-state index contributed by atoms with van der Waals surface area (Å²) in [6, 6.07) is 14.8. The van der Waals surface area contributed by atoms with E-state index in [1.54, 1.807) is 0 Å². The first kappa shape index (κ1) is 15.6. The van der Waals surface area contributed by atoms with Crippen molar-refractivity contribution in [1.82, 2.24) is 5.32 Å². The summed E-state index contributed by atoms with van der Waals surface area (Å²) in [5.74, 6) is 2.98. The fraction of sp³-hybridized carbons (Fsp3) is 0.500. The van der Waals surface area contributed by atoms with Crippen molar-refractivity contribution in [2.24, 2.45) is 23.2 Å². The largest absolute Gasteiger partial charge is 0.362 e. The number of benzene rings is 2. The Kier molecular flexibility index (Phi) is 3.74. The minimum atomic E-state index is 0.513. The normalized spacial score (nSPS) is 32.7. The van der Waals surface area contributed by atoms with E-state index in [-0.39, 0.29) is 0 Å². The van der Waals surface area contributed by atoms with Crippen molar-refractivity contribution >= 4 is 33.8 Å². The van der Waals surface area contributed by atoms with Gasteiger partial charge in [0, 0.05) is 17.6 Å². The van der Waals surface area contributed by atoms with E-state index in [1.807, 2.05) is 0 Å². The molecule has 0 atom stereocenters. The van der Waals surface area contributed by atoms with Crippen molar-refractivity contribution in [3.8, 4) is 0 Å². The molecule has 2 N–H and O–H groups in total. The van der Waals surface area contributed by atoms with Gasteiger partial charge in [0.05, 0.1) is 0 Å². The van der Waals surface area contributed by atoms with E-state index in [1.165, 1.54) is 49.3 Å². The van der Waals surface area contributed by atoms with Gasteiger partial charge in [0.25, 0.3) is 0 Å². The topological polar surface area (TPSA) is 24.1 Å². The van der Waals surface area contributed by atoms with Gasteiger partial charge >= 0.3 is 0 Å². The highest BCUT2D eigenvalue weighted by molar-refractivity contribution is 7.80. The first-order chi connectivity index (χ1) is 12.2. The van der Waals surface area contributed by atoms with Crippen LogP contribution in [0.1, 0.15) is 38.5 Å². The third-order valence-electron chi connectivity index (χ3n) is 6.83. The van der Waals surface area contributed by atoms with Crippen molar-refractivity contribution in [3.05, 3.63) is 42.5 Å². The Morgan fingerprint density at radius 2 is 1.56 bits per heavy atom. The molecule has 130 valence electrons. The molecular weight excluding hydrogens is 324 g/mol. The minimum absolute atomic E-state index is 0.513. The maximum absolute atomic E-state index is 5.63. The smallest absolute Gasteiger partial charge is 0.170 e. The molecule has 0 aromatic heterocycles. The number of rotatable bonds is 3. The lowest BCUT2D eigenvalue weighted by Gasteiger charge is -2.57. The Morgan fingerprint density at radius 3 is 2.28 bits per heavy atom. The van der Waals surface area contributed by atoms with Crippen LogP contribution in [0, 0.1) is 23.2 Å². The summed E-state index contributed by atoms with van der Waals surface area (Å²) in [6.07, 6.45) is 8.75. The highest BCUT2D eigenvalue weighted by Crippen LogP contribution is 2.59.